The molecule has 0 unspecified atom stereocenters. The Morgan fingerprint density at radius 3 is 2.53 bits per heavy atom. The second kappa shape index (κ2) is 3.85. The van der Waals surface area contributed by atoms with Gasteiger partial charge in [-0.05, 0) is 23.8 Å². The summed E-state index contributed by atoms with van der Waals surface area (Å²) in [4.78, 5) is 12.9. The van der Waals surface area contributed by atoms with Crippen LogP contribution in [-0.4, -0.2) is 23.9 Å². The summed E-state index contributed by atoms with van der Waals surface area (Å²) in [5.41, 5.74) is 1.09. The summed E-state index contributed by atoms with van der Waals surface area (Å²) in [5, 5.41) is 0. The number of carbonyl (C=O) groups is 1. The van der Waals surface area contributed by atoms with Crippen LogP contribution in [0.1, 0.15) is 11.5 Å². The molecule has 1 saturated heterocycles. The Bertz CT molecular complexity index is 379. The van der Waals surface area contributed by atoms with Crippen LogP contribution in [0.3, 0.4) is 0 Å². The SMILES string of the molecule is C=CC(=O)N1CC(c2ccc(F)cc2)C1. The number of rotatable bonds is 2. The summed E-state index contributed by atoms with van der Waals surface area (Å²) in [6.45, 7) is 4.84. The van der Waals surface area contributed by atoms with E-state index >= 15 is 0 Å². The number of hydrogen-bond donors (Lipinski definition) is 0. The molecule has 1 fully saturated rings. The molecular formula is C12H12FNO. The minimum atomic E-state index is -0.225. The minimum Gasteiger partial charge on any atom is -0.338 e. The zero-order chi connectivity index (χ0) is 10.8. The summed E-state index contributed by atoms with van der Waals surface area (Å²) in [6.07, 6.45) is 1.32. The molecule has 15 heavy (non-hydrogen) atoms. The lowest BCUT2D eigenvalue weighted by molar-refractivity contribution is -0.130. The highest BCUT2D eigenvalue weighted by atomic mass is 19.1. The second-order valence-electron chi connectivity index (χ2n) is 3.70. The van der Waals surface area contributed by atoms with Crippen molar-refractivity contribution < 1.29 is 9.18 Å². The highest BCUT2D eigenvalue weighted by molar-refractivity contribution is 5.87. The Balaban J connectivity index is 1.97. The predicted molar refractivity (Wildman–Crippen MR) is 55.9 cm³/mol. The fraction of sp³-hybridized carbons (Fsp3) is 0.250. The van der Waals surface area contributed by atoms with Gasteiger partial charge in [0.05, 0.1) is 0 Å². The van der Waals surface area contributed by atoms with Gasteiger partial charge in [0.1, 0.15) is 5.82 Å². The third kappa shape index (κ3) is 1.91. The van der Waals surface area contributed by atoms with Crippen LogP contribution in [0.2, 0.25) is 0 Å². The van der Waals surface area contributed by atoms with E-state index in [0.717, 1.165) is 5.56 Å². The molecule has 0 radical (unpaired) electrons. The molecule has 0 bridgehead atoms. The molecule has 1 aliphatic rings. The lowest BCUT2D eigenvalue weighted by Crippen LogP contribution is -2.47. The van der Waals surface area contributed by atoms with Gasteiger partial charge < -0.3 is 4.90 Å². The van der Waals surface area contributed by atoms with Crippen LogP contribution >= 0.6 is 0 Å². The standard InChI is InChI=1S/C12H12FNO/c1-2-12(15)14-7-10(8-14)9-3-5-11(13)6-4-9/h2-6,10H,1,7-8H2. The van der Waals surface area contributed by atoms with E-state index < -0.39 is 0 Å². The van der Waals surface area contributed by atoms with Gasteiger partial charge in [-0.3, -0.25) is 4.79 Å². The van der Waals surface area contributed by atoms with Gasteiger partial charge in [0.2, 0.25) is 5.91 Å². The van der Waals surface area contributed by atoms with Crippen LogP contribution in [-0.2, 0) is 4.79 Å². The maximum Gasteiger partial charge on any atom is 0.245 e. The van der Waals surface area contributed by atoms with Gasteiger partial charge in [0, 0.05) is 19.0 Å². The summed E-state index contributed by atoms with van der Waals surface area (Å²) in [5.74, 6) is 0.0833. The van der Waals surface area contributed by atoms with Crippen molar-refractivity contribution in [2.24, 2.45) is 0 Å². The molecule has 2 rings (SSSR count). The van der Waals surface area contributed by atoms with Gasteiger partial charge in [0.15, 0.2) is 0 Å². The van der Waals surface area contributed by atoms with Gasteiger partial charge in [-0.15, -0.1) is 0 Å². The zero-order valence-electron chi connectivity index (χ0n) is 8.32. The van der Waals surface area contributed by atoms with Crippen molar-refractivity contribution in [3.05, 3.63) is 48.3 Å². The van der Waals surface area contributed by atoms with E-state index in [1.165, 1.54) is 18.2 Å². The fourth-order valence-corrected chi connectivity index (χ4v) is 1.73. The molecule has 1 aliphatic heterocycles. The number of nitrogens with zero attached hydrogens (tertiary/aromatic N) is 1. The van der Waals surface area contributed by atoms with Crippen LogP contribution in [0.15, 0.2) is 36.9 Å². The topological polar surface area (TPSA) is 20.3 Å². The highest BCUT2D eigenvalue weighted by Crippen LogP contribution is 2.26. The van der Waals surface area contributed by atoms with E-state index in [1.807, 2.05) is 0 Å². The number of amides is 1. The summed E-state index contributed by atoms with van der Waals surface area (Å²) >= 11 is 0. The van der Waals surface area contributed by atoms with E-state index in [9.17, 15) is 9.18 Å². The van der Waals surface area contributed by atoms with Crippen LogP contribution in [0, 0.1) is 5.82 Å². The number of carbonyl (C=O) groups excluding carboxylic acids is 1. The third-order valence-electron chi connectivity index (χ3n) is 2.71. The average Bonchev–Trinajstić information content (AvgIpc) is 2.18. The van der Waals surface area contributed by atoms with E-state index in [-0.39, 0.29) is 11.7 Å². The molecule has 0 aromatic heterocycles. The van der Waals surface area contributed by atoms with Crippen LogP contribution in [0.25, 0.3) is 0 Å². The van der Waals surface area contributed by atoms with Crippen LogP contribution in [0.5, 0.6) is 0 Å². The fourth-order valence-electron chi connectivity index (χ4n) is 1.73. The first-order valence-corrected chi connectivity index (χ1v) is 4.87. The van der Waals surface area contributed by atoms with Crippen molar-refractivity contribution in [2.45, 2.75) is 5.92 Å². The van der Waals surface area contributed by atoms with E-state index in [0.29, 0.717) is 19.0 Å². The number of likely N-dealkylation sites (tertiary alicyclic amines) is 1. The number of benzene rings is 1. The Morgan fingerprint density at radius 2 is 2.00 bits per heavy atom. The molecule has 0 N–H and O–H groups in total. The van der Waals surface area contributed by atoms with Crippen molar-refractivity contribution in [1.29, 1.82) is 0 Å². The molecule has 2 nitrogen and oxygen atoms in total. The minimum absolute atomic E-state index is 0.0339. The largest absolute Gasteiger partial charge is 0.338 e. The normalized spacial score (nSPS) is 15.9. The maximum atomic E-state index is 12.7. The molecule has 1 aromatic carbocycles. The van der Waals surface area contributed by atoms with Crippen LogP contribution in [0.4, 0.5) is 4.39 Å². The van der Waals surface area contributed by atoms with Gasteiger partial charge in [-0.1, -0.05) is 18.7 Å². The number of hydrogen-bond acceptors (Lipinski definition) is 1. The average molecular weight is 205 g/mol. The highest BCUT2D eigenvalue weighted by Gasteiger charge is 2.30. The first kappa shape index (κ1) is 9.90. The molecule has 78 valence electrons. The first-order valence-electron chi connectivity index (χ1n) is 4.87. The summed E-state index contributed by atoms with van der Waals surface area (Å²) in [6, 6.07) is 6.45. The van der Waals surface area contributed by atoms with Crippen molar-refractivity contribution in [3.63, 3.8) is 0 Å². The monoisotopic (exact) mass is 205 g/mol. The Labute approximate surface area is 88.0 Å². The zero-order valence-corrected chi connectivity index (χ0v) is 8.32. The first-order chi connectivity index (χ1) is 7.20. The van der Waals surface area contributed by atoms with E-state index in [2.05, 4.69) is 6.58 Å². The molecule has 0 spiro atoms. The maximum absolute atomic E-state index is 12.7. The van der Waals surface area contributed by atoms with Crippen molar-refractivity contribution in [1.82, 2.24) is 4.90 Å². The van der Waals surface area contributed by atoms with Gasteiger partial charge in [0.25, 0.3) is 0 Å². The van der Waals surface area contributed by atoms with Crippen LogP contribution < -0.4 is 0 Å². The molecule has 1 aromatic rings. The molecule has 0 saturated carbocycles. The molecule has 3 heteroatoms. The number of halogens is 1. The summed E-state index contributed by atoms with van der Waals surface area (Å²) < 4.78 is 12.7. The van der Waals surface area contributed by atoms with Gasteiger partial charge in [-0.2, -0.15) is 0 Å². The van der Waals surface area contributed by atoms with Gasteiger partial charge in [-0.25, -0.2) is 4.39 Å². The third-order valence-corrected chi connectivity index (χ3v) is 2.71. The molecule has 1 heterocycles. The van der Waals surface area contributed by atoms with Crippen molar-refractivity contribution >= 4 is 5.91 Å². The lowest BCUT2D eigenvalue weighted by Gasteiger charge is -2.38. The Kier molecular flexibility index (Phi) is 2.54. The molecule has 0 aliphatic carbocycles. The second-order valence-corrected chi connectivity index (χ2v) is 3.70. The predicted octanol–water partition coefficient (Wildman–Crippen LogP) is 1.94. The molecule has 0 atom stereocenters. The quantitative estimate of drug-likeness (QED) is 0.676. The van der Waals surface area contributed by atoms with E-state index in [1.54, 1.807) is 17.0 Å². The Morgan fingerprint density at radius 1 is 1.40 bits per heavy atom. The van der Waals surface area contributed by atoms with Crippen molar-refractivity contribution in [3.8, 4) is 0 Å². The van der Waals surface area contributed by atoms with E-state index in [4.69, 9.17) is 0 Å². The van der Waals surface area contributed by atoms with Gasteiger partial charge >= 0.3 is 0 Å². The summed E-state index contributed by atoms with van der Waals surface area (Å²) in [7, 11) is 0. The Hall–Kier alpha value is -1.64. The molecular weight excluding hydrogens is 193 g/mol. The molecule has 1 amide bonds. The van der Waals surface area contributed by atoms with Crippen molar-refractivity contribution in [2.75, 3.05) is 13.1 Å². The lowest BCUT2D eigenvalue weighted by atomic mass is 9.91. The smallest absolute Gasteiger partial charge is 0.245 e.